The van der Waals surface area contributed by atoms with Crippen molar-refractivity contribution < 1.29 is 33.0 Å². The quantitative estimate of drug-likeness (QED) is 0.442. The minimum absolute atomic E-state index is 0.000582. The lowest BCUT2D eigenvalue weighted by atomic mass is 9.90. The summed E-state index contributed by atoms with van der Waals surface area (Å²) in [5, 5.41) is 13.7. The second-order valence-electron chi connectivity index (χ2n) is 8.08. The molecule has 1 aromatic heterocycles. The Kier molecular flexibility index (Phi) is 10.5. The Morgan fingerprint density at radius 2 is 1.68 bits per heavy atom. The topological polar surface area (TPSA) is 110 Å². The molecule has 1 heterocycles. The van der Waals surface area contributed by atoms with E-state index in [1.807, 2.05) is 26.0 Å². The van der Waals surface area contributed by atoms with Gasteiger partial charge in [0.2, 0.25) is 11.8 Å². The Morgan fingerprint density at radius 1 is 1.03 bits per heavy atom. The predicted octanol–water partition coefficient (Wildman–Crippen LogP) is 6.11. The van der Waals surface area contributed by atoms with Crippen molar-refractivity contribution in [3.05, 3.63) is 42.0 Å². The zero-order chi connectivity index (χ0) is 25.1. The maximum atomic E-state index is 12.5. The van der Waals surface area contributed by atoms with Gasteiger partial charge in [-0.15, -0.1) is 0 Å². The summed E-state index contributed by atoms with van der Waals surface area (Å²) in [7, 11) is 1.34. The molecule has 3 rings (SSSR count). The van der Waals surface area contributed by atoms with E-state index in [4.69, 9.17) is 9.84 Å². The smallest absolute Gasteiger partial charge is 0.388 e. The highest BCUT2D eigenvalue weighted by molar-refractivity contribution is 6.01. The standard InChI is InChI=1S/C17H19F2N3O3.C7H12O2/c1-10(2)11-6-4-5-7-12(11)20-17(23)21-13-8-9-14(24-3)22-15(13)25-16(18)19;8-7(9)6-4-2-1-3-5-6/h4-10,16H,1-3H3,(H2,20,21,23);6H,1-5H2,(H,8,9). The highest BCUT2D eigenvalue weighted by atomic mass is 19.3. The monoisotopic (exact) mass is 479 g/mol. The number of carbonyl (C=O) groups is 2. The number of pyridine rings is 1. The Balaban J connectivity index is 0.000000379. The Bertz CT molecular complexity index is 950. The van der Waals surface area contributed by atoms with Crippen LogP contribution in [0.5, 0.6) is 11.8 Å². The van der Waals surface area contributed by atoms with Gasteiger partial charge < -0.3 is 25.2 Å². The van der Waals surface area contributed by atoms with Gasteiger partial charge in [-0.25, -0.2) is 4.79 Å². The second kappa shape index (κ2) is 13.3. The number of hydrogen-bond donors (Lipinski definition) is 3. The summed E-state index contributed by atoms with van der Waals surface area (Å²) in [5.41, 5.74) is 1.59. The number of hydrogen-bond acceptors (Lipinski definition) is 5. The molecule has 0 unspecified atom stereocenters. The number of nitrogens with zero attached hydrogens (tertiary/aromatic N) is 1. The average molecular weight is 480 g/mol. The number of aromatic nitrogens is 1. The van der Waals surface area contributed by atoms with Gasteiger partial charge in [0.05, 0.1) is 13.0 Å². The van der Waals surface area contributed by atoms with Crippen LogP contribution in [0.3, 0.4) is 0 Å². The summed E-state index contributed by atoms with van der Waals surface area (Å²) in [5.74, 6) is -0.765. The van der Waals surface area contributed by atoms with Crippen LogP contribution < -0.4 is 20.1 Å². The lowest BCUT2D eigenvalue weighted by Crippen LogP contribution is -2.21. The molecule has 2 aromatic rings. The number of carboxylic acid groups (broad SMARTS) is 1. The zero-order valence-electron chi connectivity index (χ0n) is 19.5. The fourth-order valence-electron chi connectivity index (χ4n) is 3.55. The van der Waals surface area contributed by atoms with Gasteiger partial charge in [-0.05, 0) is 36.5 Å². The molecule has 1 saturated carbocycles. The van der Waals surface area contributed by atoms with Gasteiger partial charge in [-0.1, -0.05) is 51.3 Å². The molecule has 0 spiro atoms. The van der Waals surface area contributed by atoms with E-state index in [0.717, 1.165) is 31.2 Å². The number of methoxy groups -OCH3 is 1. The van der Waals surface area contributed by atoms with Crippen molar-refractivity contribution in [3.8, 4) is 11.8 Å². The molecule has 34 heavy (non-hydrogen) atoms. The second-order valence-corrected chi connectivity index (χ2v) is 8.08. The first-order valence-electron chi connectivity index (χ1n) is 11.1. The maximum Gasteiger partial charge on any atom is 0.388 e. The van der Waals surface area contributed by atoms with Gasteiger partial charge in [0, 0.05) is 11.8 Å². The maximum absolute atomic E-state index is 12.5. The highest BCUT2D eigenvalue weighted by Gasteiger charge is 2.19. The van der Waals surface area contributed by atoms with Crippen molar-refractivity contribution >= 4 is 23.4 Å². The fourth-order valence-corrected chi connectivity index (χ4v) is 3.55. The van der Waals surface area contributed by atoms with Crippen LogP contribution in [0.15, 0.2) is 36.4 Å². The lowest BCUT2D eigenvalue weighted by molar-refractivity contribution is -0.142. The van der Waals surface area contributed by atoms with Gasteiger partial charge in [0.1, 0.15) is 5.69 Å². The molecule has 186 valence electrons. The van der Waals surface area contributed by atoms with Crippen LogP contribution >= 0.6 is 0 Å². The Hall–Kier alpha value is -3.43. The molecular formula is C24H31F2N3O5. The molecule has 0 aliphatic heterocycles. The number of rotatable bonds is 7. The van der Waals surface area contributed by atoms with Gasteiger partial charge in [-0.3, -0.25) is 4.79 Å². The molecule has 1 aromatic carbocycles. The third-order valence-corrected chi connectivity index (χ3v) is 5.28. The summed E-state index contributed by atoms with van der Waals surface area (Å²) in [4.78, 5) is 26.3. The molecule has 1 fully saturated rings. The molecule has 0 atom stereocenters. The molecule has 10 heteroatoms. The summed E-state index contributed by atoms with van der Waals surface area (Å²) in [6.45, 7) is 0.922. The number of halogens is 2. The average Bonchev–Trinajstić information content (AvgIpc) is 2.81. The summed E-state index contributed by atoms with van der Waals surface area (Å²) >= 11 is 0. The molecular weight excluding hydrogens is 448 g/mol. The van der Waals surface area contributed by atoms with Crippen molar-refractivity contribution in [2.24, 2.45) is 5.92 Å². The van der Waals surface area contributed by atoms with Crippen LogP contribution in [0, 0.1) is 5.92 Å². The van der Waals surface area contributed by atoms with E-state index in [1.165, 1.54) is 25.7 Å². The minimum atomic E-state index is -3.08. The number of benzene rings is 1. The number of amides is 2. The van der Waals surface area contributed by atoms with E-state index in [2.05, 4.69) is 20.4 Å². The SMILES string of the molecule is COc1ccc(NC(=O)Nc2ccccc2C(C)C)c(OC(F)F)n1.O=C(O)C1CCCCC1. The van der Waals surface area contributed by atoms with Crippen LogP contribution in [-0.2, 0) is 4.79 Å². The van der Waals surface area contributed by atoms with Crippen molar-refractivity contribution in [2.75, 3.05) is 17.7 Å². The number of urea groups is 1. The van der Waals surface area contributed by atoms with E-state index in [-0.39, 0.29) is 23.4 Å². The van der Waals surface area contributed by atoms with E-state index in [1.54, 1.807) is 12.1 Å². The summed E-state index contributed by atoms with van der Waals surface area (Å²) in [6.07, 6.45) is 5.24. The normalized spacial score (nSPS) is 13.6. The highest BCUT2D eigenvalue weighted by Crippen LogP contribution is 2.28. The summed E-state index contributed by atoms with van der Waals surface area (Å²) < 4.78 is 34.3. The van der Waals surface area contributed by atoms with Crippen LogP contribution in [0.1, 0.15) is 57.4 Å². The van der Waals surface area contributed by atoms with Gasteiger partial charge in [0.25, 0.3) is 0 Å². The van der Waals surface area contributed by atoms with Crippen molar-refractivity contribution in [3.63, 3.8) is 0 Å². The molecule has 3 N–H and O–H groups in total. The fraction of sp³-hybridized carbons (Fsp3) is 0.458. The van der Waals surface area contributed by atoms with Crippen LogP contribution in [0.2, 0.25) is 0 Å². The van der Waals surface area contributed by atoms with Crippen molar-refractivity contribution in [1.82, 2.24) is 4.98 Å². The molecule has 2 amide bonds. The first kappa shape index (κ1) is 26.8. The third kappa shape index (κ3) is 8.49. The third-order valence-electron chi connectivity index (χ3n) is 5.28. The molecule has 1 aliphatic carbocycles. The Labute approximate surface area is 197 Å². The van der Waals surface area contributed by atoms with Gasteiger partial charge in [0.15, 0.2) is 0 Å². The molecule has 1 aliphatic rings. The number of para-hydroxylation sites is 1. The zero-order valence-corrected chi connectivity index (χ0v) is 19.5. The van der Waals surface area contributed by atoms with E-state index in [9.17, 15) is 18.4 Å². The number of carboxylic acids is 1. The minimum Gasteiger partial charge on any atom is -0.481 e. The number of anilines is 2. The van der Waals surface area contributed by atoms with Crippen molar-refractivity contribution in [1.29, 1.82) is 0 Å². The molecule has 8 nitrogen and oxygen atoms in total. The van der Waals surface area contributed by atoms with Gasteiger partial charge >= 0.3 is 18.6 Å². The van der Waals surface area contributed by atoms with Crippen LogP contribution in [0.4, 0.5) is 25.0 Å². The predicted molar refractivity (Wildman–Crippen MR) is 125 cm³/mol. The van der Waals surface area contributed by atoms with Crippen LogP contribution in [-0.4, -0.2) is 35.8 Å². The number of aliphatic carboxylic acids is 1. The number of ether oxygens (including phenoxy) is 2. The van der Waals surface area contributed by atoms with Gasteiger partial charge in [-0.2, -0.15) is 13.8 Å². The lowest BCUT2D eigenvalue weighted by Gasteiger charge is -2.16. The largest absolute Gasteiger partial charge is 0.481 e. The van der Waals surface area contributed by atoms with E-state index < -0.39 is 24.5 Å². The molecule has 0 radical (unpaired) electrons. The molecule has 0 saturated heterocycles. The number of carbonyl (C=O) groups excluding carboxylic acids is 1. The van der Waals surface area contributed by atoms with E-state index in [0.29, 0.717) is 5.69 Å². The molecule has 0 bridgehead atoms. The van der Waals surface area contributed by atoms with E-state index >= 15 is 0 Å². The summed E-state index contributed by atoms with van der Waals surface area (Å²) in [6, 6.07) is 9.53. The van der Waals surface area contributed by atoms with Crippen LogP contribution in [0.25, 0.3) is 0 Å². The number of alkyl halides is 2. The Morgan fingerprint density at radius 3 is 2.24 bits per heavy atom. The first-order valence-corrected chi connectivity index (χ1v) is 11.1. The first-order chi connectivity index (χ1) is 16.2. The van der Waals surface area contributed by atoms with Crippen molar-refractivity contribution in [2.45, 2.75) is 58.5 Å². The number of nitrogens with one attached hydrogen (secondary N) is 2.